The Bertz CT molecular complexity index is 525. The summed E-state index contributed by atoms with van der Waals surface area (Å²) in [7, 11) is 0. The average molecular weight is 330 g/mol. The summed E-state index contributed by atoms with van der Waals surface area (Å²) in [6, 6.07) is 18.3. The molecule has 0 spiro atoms. The largest absolute Gasteiger partial charge is 0.494 e. The predicted octanol–water partition coefficient (Wildman–Crippen LogP) is 6.26. The minimum absolute atomic E-state index is 0.594. The molecule has 0 saturated carbocycles. The Morgan fingerprint density at radius 2 is 1.57 bits per heavy atom. The van der Waals surface area contributed by atoms with E-state index >= 15 is 0 Å². The van der Waals surface area contributed by atoms with Crippen LogP contribution < -0.4 is 4.74 Å². The lowest BCUT2D eigenvalue weighted by atomic mass is 10.2. The molecule has 0 radical (unpaired) electrons. The van der Waals surface area contributed by atoms with Gasteiger partial charge in [-0.15, -0.1) is 0 Å². The molecule has 23 heavy (non-hydrogen) atoms. The van der Waals surface area contributed by atoms with Gasteiger partial charge in [0, 0.05) is 16.9 Å². The monoisotopic (exact) mass is 330 g/mol. The lowest BCUT2D eigenvalue weighted by molar-refractivity contribution is 0.304. The molecule has 0 aliphatic carbocycles. The highest BCUT2D eigenvalue weighted by atomic mass is 32.2. The van der Waals surface area contributed by atoms with Crippen molar-refractivity contribution >= 4 is 12.0 Å². The maximum Gasteiger partial charge on any atom is 0.119 e. The Balaban J connectivity index is 1.62. The summed E-state index contributed by atoms with van der Waals surface area (Å²) >= 11 is 1.41. The van der Waals surface area contributed by atoms with Crippen molar-refractivity contribution < 1.29 is 8.92 Å². The summed E-state index contributed by atoms with van der Waals surface area (Å²) in [5, 5.41) is 0. The van der Waals surface area contributed by atoms with Gasteiger partial charge in [-0.2, -0.15) is 0 Å². The Labute approximate surface area is 144 Å². The first-order valence-electron chi connectivity index (χ1n) is 8.44. The molecule has 2 aromatic carbocycles. The van der Waals surface area contributed by atoms with E-state index in [0.717, 1.165) is 29.2 Å². The van der Waals surface area contributed by atoms with Gasteiger partial charge >= 0.3 is 0 Å². The second kappa shape index (κ2) is 11.1. The highest BCUT2D eigenvalue weighted by molar-refractivity contribution is 7.94. The molecule has 0 saturated heterocycles. The fourth-order valence-electron chi connectivity index (χ4n) is 2.22. The quantitative estimate of drug-likeness (QED) is 0.358. The molecule has 0 heterocycles. The number of benzene rings is 2. The van der Waals surface area contributed by atoms with Crippen molar-refractivity contribution in [3.05, 3.63) is 60.2 Å². The normalized spacial score (nSPS) is 10.7. The highest BCUT2D eigenvalue weighted by Gasteiger charge is 1.98. The van der Waals surface area contributed by atoms with E-state index in [0.29, 0.717) is 6.61 Å². The molecule has 124 valence electrons. The van der Waals surface area contributed by atoms with Crippen LogP contribution in [0.3, 0.4) is 0 Å². The molecule has 2 aromatic rings. The van der Waals surface area contributed by atoms with Gasteiger partial charge in [0.05, 0.1) is 13.2 Å². The standard InChI is InChI=1S/C20H26O2S/c1-2-3-4-5-9-16-21-19-14-12-18(13-15-19)17-22-23-20-10-7-6-8-11-20/h6-8,10-15H,2-5,9,16-17H2,1H3. The van der Waals surface area contributed by atoms with Crippen LogP contribution in [0, 0.1) is 0 Å². The molecule has 0 aliphatic rings. The Hall–Kier alpha value is -1.45. The number of unbranched alkanes of at least 4 members (excludes halogenated alkanes) is 4. The number of hydrogen-bond donors (Lipinski definition) is 0. The zero-order valence-corrected chi connectivity index (χ0v) is 14.7. The average Bonchev–Trinajstić information content (AvgIpc) is 2.60. The van der Waals surface area contributed by atoms with Crippen molar-refractivity contribution in [1.82, 2.24) is 0 Å². The van der Waals surface area contributed by atoms with Gasteiger partial charge in [0.1, 0.15) is 5.75 Å². The molecular formula is C20H26O2S. The van der Waals surface area contributed by atoms with E-state index in [4.69, 9.17) is 8.92 Å². The third-order valence-corrected chi connectivity index (χ3v) is 4.26. The first kappa shape index (κ1) is 17.9. The first-order chi connectivity index (χ1) is 11.4. The maximum atomic E-state index is 5.77. The Morgan fingerprint density at radius 1 is 0.826 bits per heavy atom. The van der Waals surface area contributed by atoms with Crippen LogP contribution >= 0.6 is 12.0 Å². The maximum absolute atomic E-state index is 5.77. The molecule has 2 rings (SSSR count). The van der Waals surface area contributed by atoms with E-state index in [9.17, 15) is 0 Å². The molecule has 0 unspecified atom stereocenters. The lowest BCUT2D eigenvalue weighted by Crippen LogP contribution is -1.97. The van der Waals surface area contributed by atoms with Crippen molar-refractivity contribution in [2.75, 3.05) is 6.61 Å². The molecule has 0 aliphatic heterocycles. The molecule has 0 bridgehead atoms. The van der Waals surface area contributed by atoms with Gasteiger partial charge in [-0.05, 0) is 36.2 Å². The zero-order chi connectivity index (χ0) is 16.2. The number of ether oxygens (including phenoxy) is 1. The molecule has 3 heteroatoms. The van der Waals surface area contributed by atoms with Gasteiger partial charge in [0.15, 0.2) is 0 Å². The second-order valence-electron chi connectivity index (χ2n) is 5.57. The van der Waals surface area contributed by atoms with Gasteiger partial charge < -0.3 is 8.92 Å². The molecule has 0 aromatic heterocycles. The third kappa shape index (κ3) is 7.58. The van der Waals surface area contributed by atoms with E-state index < -0.39 is 0 Å². The van der Waals surface area contributed by atoms with Crippen molar-refractivity contribution in [3.63, 3.8) is 0 Å². The summed E-state index contributed by atoms with van der Waals surface area (Å²) in [5.41, 5.74) is 1.16. The van der Waals surface area contributed by atoms with Crippen LogP contribution in [0.5, 0.6) is 5.75 Å². The van der Waals surface area contributed by atoms with Crippen LogP contribution in [-0.4, -0.2) is 6.61 Å². The van der Waals surface area contributed by atoms with Crippen molar-refractivity contribution in [3.8, 4) is 5.75 Å². The van der Waals surface area contributed by atoms with Gasteiger partial charge in [-0.1, -0.05) is 62.9 Å². The lowest BCUT2D eigenvalue weighted by Gasteiger charge is -2.07. The predicted molar refractivity (Wildman–Crippen MR) is 97.8 cm³/mol. The first-order valence-corrected chi connectivity index (χ1v) is 9.19. The van der Waals surface area contributed by atoms with Crippen LogP contribution in [-0.2, 0) is 10.8 Å². The molecule has 2 nitrogen and oxygen atoms in total. The summed E-state index contributed by atoms with van der Waals surface area (Å²) in [6.07, 6.45) is 6.33. The smallest absolute Gasteiger partial charge is 0.119 e. The molecular weight excluding hydrogens is 304 g/mol. The van der Waals surface area contributed by atoms with Crippen LogP contribution in [0.2, 0.25) is 0 Å². The number of rotatable bonds is 11. The fraction of sp³-hybridized carbons (Fsp3) is 0.400. The number of hydrogen-bond acceptors (Lipinski definition) is 3. The second-order valence-corrected chi connectivity index (χ2v) is 6.44. The van der Waals surface area contributed by atoms with E-state index in [2.05, 4.69) is 19.1 Å². The molecule has 0 amide bonds. The van der Waals surface area contributed by atoms with E-state index in [1.807, 2.05) is 42.5 Å². The minimum Gasteiger partial charge on any atom is -0.494 e. The SMILES string of the molecule is CCCCCCCOc1ccc(COSc2ccccc2)cc1. The highest BCUT2D eigenvalue weighted by Crippen LogP contribution is 2.21. The van der Waals surface area contributed by atoms with Crippen molar-refractivity contribution in [2.24, 2.45) is 0 Å². The van der Waals surface area contributed by atoms with Gasteiger partial charge in [-0.3, -0.25) is 0 Å². The fourth-order valence-corrected chi connectivity index (χ4v) is 2.82. The molecule has 0 N–H and O–H groups in total. The van der Waals surface area contributed by atoms with Crippen LogP contribution in [0.15, 0.2) is 59.5 Å². The zero-order valence-electron chi connectivity index (χ0n) is 13.9. The van der Waals surface area contributed by atoms with E-state index in [-0.39, 0.29) is 0 Å². The van der Waals surface area contributed by atoms with E-state index in [1.165, 1.54) is 37.7 Å². The van der Waals surface area contributed by atoms with Crippen LogP contribution in [0.4, 0.5) is 0 Å². The van der Waals surface area contributed by atoms with Crippen LogP contribution in [0.1, 0.15) is 44.6 Å². The van der Waals surface area contributed by atoms with Gasteiger partial charge in [-0.25, -0.2) is 0 Å². The summed E-state index contributed by atoms with van der Waals surface area (Å²) < 4.78 is 11.4. The summed E-state index contributed by atoms with van der Waals surface area (Å²) in [4.78, 5) is 1.12. The minimum atomic E-state index is 0.594. The molecule has 0 fully saturated rings. The van der Waals surface area contributed by atoms with Crippen LogP contribution in [0.25, 0.3) is 0 Å². The summed E-state index contributed by atoms with van der Waals surface area (Å²) in [5.74, 6) is 0.944. The van der Waals surface area contributed by atoms with Gasteiger partial charge in [0.2, 0.25) is 0 Å². The third-order valence-electron chi connectivity index (χ3n) is 3.56. The van der Waals surface area contributed by atoms with Gasteiger partial charge in [0.25, 0.3) is 0 Å². The Kier molecular flexibility index (Phi) is 8.67. The van der Waals surface area contributed by atoms with Crippen molar-refractivity contribution in [2.45, 2.75) is 50.5 Å². The topological polar surface area (TPSA) is 18.5 Å². The summed E-state index contributed by atoms with van der Waals surface area (Å²) in [6.45, 7) is 3.64. The Morgan fingerprint density at radius 3 is 2.30 bits per heavy atom. The van der Waals surface area contributed by atoms with Crippen molar-refractivity contribution in [1.29, 1.82) is 0 Å². The molecule has 0 atom stereocenters. The van der Waals surface area contributed by atoms with E-state index in [1.54, 1.807) is 0 Å².